The number of hydrogen-bond donors (Lipinski definition) is 11. The summed E-state index contributed by atoms with van der Waals surface area (Å²) >= 11 is 0. The maximum absolute atomic E-state index is 12.5. The minimum Gasteiger partial charge on any atom is -0.507 e. The zero-order valence-electron chi connectivity index (χ0n) is 27.9. The van der Waals surface area contributed by atoms with Gasteiger partial charge in [0.15, 0.2) is 10.8 Å². The van der Waals surface area contributed by atoms with E-state index in [4.69, 9.17) is 4.74 Å². The van der Waals surface area contributed by atoms with E-state index in [0.717, 1.165) is 24.3 Å². The fraction of sp³-hybridized carbons (Fsp3) is 0.273. The zero-order valence-corrected chi connectivity index (χ0v) is 31.5. The standard InChI is InChI=1S/C33H38O16P4/c1-2-9-49-31-20-7-4-8-21(31)13-25-17-27(33(52(43,44)45)53(46,47)48)15-23(30(25)36)11-19-6-3-5-18(28(19)34)10-22-14-26(16-24(12-20)29(22)35)32(50(37,38)39)51(40,41)42/h3-8,14-17,32-36H,2,9-13H2,1H3,(H2,37,38,39)(H2,40,41,42)(H2,43,44,45)(H2,46,47,48). The Bertz CT molecular complexity index is 2060. The van der Waals surface area contributed by atoms with Gasteiger partial charge in [0.1, 0.15) is 23.0 Å². The van der Waals surface area contributed by atoms with Crippen LogP contribution in [0.15, 0.2) is 60.7 Å². The molecule has 0 aliphatic heterocycles. The molecule has 0 aromatic heterocycles. The van der Waals surface area contributed by atoms with Crippen molar-refractivity contribution >= 4 is 30.4 Å². The van der Waals surface area contributed by atoms with Crippen molar-refractivity contribution in [3.05, 3.63) is 116 Å². The second-order valence-corrected chi connectivity index (χ2v) is 20.5. The number of phenolic OH excluding ortho intramolecular Hbond substituents is 3. The van der Waals surface area contributed by atoms with Crippen molar-refractivity contribution in [2.45, 2.75) is 49.8 Å². The van der Waals surface area contributed by atoms with Crippen molar-refractivity contribution in [1.29, 1.82) is 0 Å². The fourth-order valence-corrected chi connectivity index (χ4v) is 11.9. The third-order valence-corrected chi connectivity index (χ3v) is 16.2. The van der Waals surface area contributed by atoms with Crippen LogP contribution < -0.4 is 4.74 Å². The smallest absolute Gasteiger partial charge is 0.345 e. The Morgan fingerprint density at radius 2 is 0.792 bits per heavy atom. The summed E-state index contributed by atoms with van der Waals surface area (Å²) in [6.45, 7) is 1.98. The molecule has 4 aromatic rings. The molecule has 53 heavy (non-hydrogen) atoms. The first-order valence-electron chi connectivity index (χ1n) is 15.9. The largest absolute Gasteiger partial charge is 0.507 e. The molecule has 1 aliphatic carbocycles. The summed E-state index contributed by atoms with van der Waals surface area (Å²) in [5.41, 5.74) is -0.0959. The molecule has 20 heteroatoms. The van der Waals surface area contributed by atoms with Crippen LogP contribution in [0.3, 0.4) is 0 Å². The number of para-hydroxylation sites is 2. The molecule has 5 rings (SSSR count). The molecular formula is C33H38O16P4. The fourth-order valence-electron chi connectivity index (χ4n) is 6.64. The number of rotatable bonds is 9. The van der Waals surface area contributed by atoms with Gasteiger partial charge in [-0.3, -0.25) is 18.3 Å². The lowest BCUT2D eigenvalue weighted by Gasteiger charge is -2.24. The van der Waals surface area contributed by atoms with E-state index in [-0.39, 0.29) is 82.9 Å². The van der Waals surface area contributed by atoms with Crippen molar-refractivity contribution in [3.63, 3.8) is 0 Å². The molecule has 11 N–H and O–H groups in total. The van der Waals surface area contributed by atoms with Crippen LogP contribution in [-0.4, -0.2) is 61.1 Å². The van der Waals surface area contributed by atoms with Crippen LogP contribution in [-0.2, 0) is 43.9 Å². The van der Waals surface area contributed by atoms with Gasteiger partial charge >= 0.3 is 30.4 Å². The average Bonchev–Trinajstić information content (AvgIpc) is 3.00. The minimum atomic E-state index is -5.50. The van der Waals surface area contributed by atoms with E-state index in [9.17, 15) is 72.7 Å². The maximum Gasteiger partial charge on any atom is 0.345 e. The highest BCUT2D eigenvalue weighted by Gasteiger charge is 2.46. The molecule has 0 saturated heterocycles. The number of benzene rings is 4. The third kappa shape index (κ3) is 8.98. The van der Waals surface area contributed by atoms with Gasteiger partial charge in [0.05, 0.1) is 6.61 Å². The first-order valence-corrected chi connectivity index (χ1v) is 22.7. The van der Waals surface area contributed by atoms with Crippen LogP contribution in [0.2, 0.25) is 0 Å². The molecule has 0 spiro atoms. The van der Waals surface area contributed by atoms with Crippen molar-refractivity contribution < 1.29 is 77.5 Å². The average molecular weight is 815 g/mol. The summed E-state index contributed by atoms with van der Waals surface area (Å²) in [6, 6.07) is 13.4. The predicted octanol–water partition coefficient (Wildman–Crippen LogP) is 4.98. The monoisotopic (exact) mass is 814 g/mol. The van der Waals surface area contributed by atoms with E-state index < -0.39 is 58.1 Å². The minimum absolute atomic E-state index is 0.0103. The van der Waals surface area contributed by atoms with Gasteiger partial charge in [-0.05, 0) is 62.1 Å². The van der Waals surface area contributed by atoms with Gasteiger partial charge in [-0.25, -0.2) is 0 Å². The number of aromatic hydroxyl groups is 3. The molecule has 4 aromatic carbocycles. The van der Waals surface area contributed by atoms with Gasteiger partial charge in [0.2, 0.25) is 0 Å². The van der Waals surface area contributed by atoms with Crippen LogP contribution >= 0.6 is 30.4 Å². The van der Waals surface area contributed by atoms with Crippen LogP contribution in [0, 0.1) is 0 Å². The van der Waals surface area contributed by atoms with E-state index in [1.54, 1.807) is 18.2 Å². The van der Waals surface area contributed by atoms with Crippen LogP contribution in [0.25, 0.3) is 0 Å². The lowest BCUT2D eigenvalue weighted by Crippen LogP contribution is -2.08. The van der Waals surface area contributed by atoms with Gasteiger partial charge in [0, 0.05) is 25.7 Å². The molecule has 16 nitrogen and oxygen atoms in total. The topological polar surface area (TPSA) is 300 Å². The maximum atomic E-state index is 12.5. The Morgan fingerprint density at radius 1 is 0.509 bits per heavy atom. The summed E-state index contributed by atoms with van der Waals surface area (Å²) in [7, 11) is -22.0. The first-order chi connectivity index (χ1) is 24.5. The Morgan fingerprint density at radius 3 is 1.09 bits per heavy atom. The second-order valence-electron chi connectivity index (χ2n) is 12.9. The molecule has 1 aliphatic rings. The summed E-state index contributed by atoms with van der Waals surface area (Å²) in [6.07, 6.45) is -0.608. The summed E-state index contributed by atoms with van der Waals surface area (Å²) < 4.78 is 56.1. The molecule has 0 fully saturated rings. The van der Waals surface area contributed by atoms with E-state index in [1.807, 2.05) is 6.92 Å². The van der Waals surface area contributed by atoms with Crippen molar-refractivity contribution in [2.24, 2.45) is 0 Å². The molecule has 8 bridgehead atoms. The highest BCUT2D eigenvalue weighted by molar-refractivity contribution is 7.70. The predicted molar refractivity (Wildman–Crippen MR) is 191 cm³/mol. The van der Waals surface area contributed by atoms with Gasteiger partial charge in [0.25, 0.3) is 0 Å². The molecule has 0 saturated carbocycles. The van der Waals surface area contributed by atoms with Gasteiger partial charge in [-0.15, -0.1) is 0 Å². The molecule has 0 amide bonds. The van der Waals surface area contributed by atoms with E-state index in [1.165, 1.54) is 18.2 Å². The molecule has 0 atom stereocenters. The van der Waals surface area contributed by atoms with Gasteiger partial charge in [-0.2, -0.15) is 0 Å². The zero-order chi connectivity index (χ0) is 39.3. The molecule has 0 heterocycles. The summed E-state index contributed by atoms with van der Waals surface area (Å²) in [4.78, 5) is 80.6. The second kappa shape index (κ2) is 15.1. The van der Waals surface area contributed by atoms with Crippen LogP contribution in [0.5, 0.6) is 23.0 Å². The molecule has 286 valence electrons. The lowest BCUT2D eigenvalue weighted by molar-refractivity contribution is 0.311. The number of fused-ring (bicyclic) bond motifs is 8. The van der Waals surface area contributed by atoms with Gasteiger partial charge < -0.3 is 59.2 Å². The Hall–Kier alpha value is -3.32. The highest BCUT2D eigenvalue weighted by Crippen LogP contribution is 2.71. The van der Waals surface area contributed by atoms with E-state index >= 15 is 0 Å². The quantitative estimate of drug-likeness (QED) is 0.0875. The Kier molecular flexibility index (Phi) is 11.6. The number of ether oxygens (including phenoxy) is 1. The van der Waals surface area contributed by atoms with Crippen molar-refractivity contribution in [3.8, 4) is 23.0 Å². The number of phenols is 3. The normalized spacial score (nSPS) is 14.1. The summed E-state index contributed by atoms with van der Waals surface area (Å²) in [5, 5.41) is 29.4. The lowest BCUT2D eigenvalue weighted by atomic mass is 9.90. The van der Waals surface area contributed by atoms with Crippen LogP contribution in [0.1, 0.15) is 79.8 Å². The summed E-state index contributed by atoms with van der Waals surface area (Å²) in [5.74, 6) is -0.965. The molecule has 0 radical (unpaired) electrons. The van der Waals surface area contributed by atoms with Gasteiger partial charge in [-0.1, -0.05) is 67.6 Å². The van der Waals surface area contributed by atoms with E-state index in [0.29, 0.717) is 17.5 Å². The third-order valence-electron chi connectivity index (χ3n) is 8.81. The van der Waals surface area contributed by atoms with Crippen LogP contribution in [0.4, 0.5) is 0 Å². The van der Waals surface area contributed by atoms with Crippen molar-refractivity contribution in [2.75, 3.05) is 6.61 Å². The Labute approximate surface area is 303 Å². The van der Waals surface area contributed by atoms with E-state index in [2.05, 4.69) is 0 Å². The first kappa shape index (κ1) is 40.9. The van der Waals surface area contributed by atoms with Crippen molar-refractivity contribution in [1.82, 2.24) is 0 Å². The SMILES string of the molecule is CCCOc1c2cccc1Cc1cc(C(P(=O)(O)O)P(=O)(O)O)cc(c1O)Cc1cccc(c1O)Cc1cc(C(P(=O)(O)O)P(=O)(O)O)cc(c1O)C2. The molecular weight excluding hydrogens is 776 g/mol. The number of hydrogen-bond acceptors (Lipinski definition) is 8. The Balaban J connectivity index is 1.85. The molecule has 0 unspecified atom stereocenters. The highest BCUT2D eigenvalue weighted by atomic mass is 31.2.